The lowest BCUT2D eigenvalue weighted by atomic mass is 9.84. The summed E-state index contributed by atoms with van der Waals surface area (Å²) in [7, 11) is 0. The van der Waals surface area contributed by atoms with Crippen molar-refractivity contribution in [3.8, 4) is 55.6 Å². The summed E-state index contributed by atoms with van der Waals surface area (Å²) < 4.78 is 0. The minimum Gasteiger partial charge on any atom is -0.0620 e. The van der Waals surface area contributed by atoms with Crippen LogP contribution in [0.3, 0.4) is 0 Å². The standard InChI is InChI=1S/C64H46/c1-39-17-5-9-21-45(39)57-35-63-54-32-30-43(33-55(54)60(48-24-12-8-20-42(48)4)38-61(63)51-27-15-13-25-49(51)57)44-29-31-53-56(34-44)64-37-58(46-22-10-6-18-40(46)2)50-26-14-16-28-52(50)62(64)36-59(53)47-23-11-7-19-41(47)3/h5-38H,1-4H3. The van der Waals surface area contributed by atoms with Crippen LogP contribution in [0.25, 0.3) is 120 Å². The smallest absolute Gasteiger partial charge is 0.00921 e. The molecule has 0 fully saturated rings. The van der Waals surface area contributed by atoms with Crippen molar-refractivity contribution >= 4 is 64.6 Å². The molecular weight excluding hydrogens is 769 g/mol. The molecule has 12 rings (SSSR count). The molecule has 12 aromatic carbocycles. The van der Waals surface area contributed by atoms with Gasteiger partial charge >= 0.3 is 0 Å². The predicted octanol–water partition coefficient (Wildman–Crippen LogP) is 18.2. The fourth-order valence-corrected chi connectivity index (χ4v) is 10.8. The summed E-state index contributed by atoms with van der Waals surface area (Å²) in [5.41, 5.74) is 17.7. The molecule has 0 spiro atoms. The lowest BCUT2D eigenvalue weighted by Crippen LogP contribution is -1.93. The van der Waals surface area contributed by atoms with Crippen LogP contribution < -0.4 is 0 Å². The minimum atomic E-state index is 1.21. The molecule has 0 unspecified atom stereocenters. The van der Waals surface area contributed by atoms with Gasteiger partial charge in [-0.05, 0) is 207 Å². The SMILES string of the molecule is Cc1ccccc1-c1cc2c3ccc(-c4ccc5c(-c6ccccc6C)cc6c7ccccc7c(-c7ccccc7C)cc6c5c4)cc3c(-c3ccccc3C)cc2c2ccccc12. The van der Waals surface area contributed by atoms with E-state index in [1.807, 2.05) is 0 Å². The van der Waals surface area contributed by atoms with E-state index in [0.29, 0.717) is 0 Å². The van der Waals surface area contributed by atoms with Crippen molar-refractivity contribution in [3.63, 3.8) is 0 Å². The van der Waals surface area contributed by atoms with E-state index in [0.717, 1.165) is 0 Å². The van der Waals surface area contributed by atoms with Crippen LogP contribution >= 0.6 is 0 Å². The third-order valence-electron chi connectivity index (χ3n) is 14.0. The van der Waals surface area contributed by atoms with Crippen LogP contribution in [0, 0.1) is 27.7 Å². The van der Waals surface area contributed by atoms with Crippen LogP contribution in [-0.4, -0.2) is 0 Å². The fraction of sp³-hybridized carbons (Fsp3) is 0.0625. The van der Waals surface area contributed by atoms with Gasteiger partial charge in [0.1, 0.15) is 0 Å². The highest BCUT2D eigenvalue weighted by Crippen LogP contribution is 2.46. The van der Waals surface area contributed by atoms with Gasteiger partial charge < -0.3 is 0 Å². The van der Waals surface area contributed by atoms with Gasteiger partial charge in [0, 0.05) is 0 Å². The molecule has 0 amide bonds. The van der Waals surface area contributed by atoms with Gasteiger partial charge in [0.05, 0.1) is 0 Å². The van der Waals surface area contributed by atoms with Crippen molar-refractivity contribution < 1.29 is 0 Å². The summed E-state index contributed by atoms with van der Waals surface area (Å²) in [6, 6.07) is 77.4. The summed E-state index contributed by atoms with van der Waals surface area (Å²) in [6.45, 7) is 8.93. The number of rotatable bonds is 5. The lowest BCUT2D eigenvalue weighted by molar-refractivity contribution is 1.47. The zero-order chi connectivity index (χ0) is 43.1. The molecule has 64 heavy (non-hydrogen) atoms. The Morgan fingerprint density at radius 2 is 0.422 bits per heavy atom. The summed E-state index contributed by atoms with van der Waals surface area (Å²) >= 11 is 0. The molecule has 0 bridgehead atoms. The molecule has 0 saturated heterocycles. The molecule has 0 heterocycles. The second-order valence-corrected chi connectivity index (χ2v) is 17.8. The number of benzene rings is 12. The van der Waals surface area contributed by atoms with Gasteiger partial charge in [-0.1, -0.05) is 170 Å². The summed E-state index contributed by atoms with van der Waals surface area (Å²) in [4.78, 5) is 0. The average Bonchev–Trinajstić information content (AvgIpc) is 3.33. The third-order valence-corrected chi connectivity index (χ3v) is 14.0. The molecule has 0 saturated carbocycles. The van der Waals surface area contributed by atoms with Crippen molar-refractivity contribution in [2.45, 2.75) is 27.7 Å². The van der Waals surface area contributed by atoms with Crippen LogP contribution in [0.5, 0.6) is 0 Å². The molecule has 0 N–H and O–H groups in total. The number of aryl methyl sites for hydroxylation is 4. The molecule has 0 aliphatic heterocycles. The molecule has 0 heteroatoms. The summed E-state index contributed by atoms with van der Waals surface area (Å²) in [5.74, 6) is 0. The van der Waals surface area contributed by atoms with Gasteiger partial charge in [-0.2, -0.15) is 0 Å². The minimum absolute atomic E-state index is 1.21. The first-order chi connectivity index (χ1) is 31.4. The number of hydrogen-bond donors (Lipinski definition) is 0. The van der Waals surface area contributed by atoms with Gasteiger partial charge in [-0.3, -0.25) is 0 Å². The molecule has 0 aliphatic rings. The molecule has 0 aliphatic carbocycles. The van der Waals surface area contributed by atoms with Crippen LogP contribution in [0.1, 0.15) is 22.3 Å². The number of fused-ring (bicyclic) bond motifs is 10. The first-order valence-corrected chi connectivity index (χ1v) is 22.5. The zero-order valence-corrected chi connectivity index (χ0v) is 36.6. The molecule has 0 atom stereocenters. The highest BCUT2D eigenvalue weighted by atomic mass is 14.2. The normalized spacial score (nSPS) is 11.8. The summed E-state index contributed by atoms with van der Waals surface area (Å²) in [6.07, 6.45) is 0. The van der Waals surface area contributed by atoms with E-state index >= 15 is 0 Å². The Hall–Kier alpha value is -7.80. The first kappa shape index (κ1) is 37.9. The van der Waals surface area contributed by atoms with Gasteiger partial charge in [0.15, 0.2) is 0 Å². The highest BCUT2D eigenvalue weighted by molar-refractivity contribution is 6.26. The topological polar surface area (TPSA) is 0 Å². The van der Waals surface area contributed by atoms with Gasteiger partial charge in [-0.15, -0.1) is 0 Å². The van der Waals surface area contributed by atoms with E-state index in [1.54, 1.807) is 0 Å². The second-order valence-electron chi connectivity index (χ2n) is 17.8. The van der Waals surface area contributed by atoms with E-state index in [4.69, 9.17) is 0 Å². The lowest BCUT2D eigenvalue weighted by Gasteiger charge is -2.19. The molecule has 0 aromatic heterocycles. The average molecular weight is 815 g/mol. The van der Waals surface area contributed by atoms with Crippen LogP contribution in [0.15, 0.2) is 206 Å². The van der Waals surface area contributed by atoms with Crippen molar-refractivity contribution in [3.05, 3.63) is 229 Å². The maximum absolute atomic E-state index is 2.47. The zero-order valence-electron chi connectivity index (χ0n) is 36.6. The Balaban J connectivity index is 1.17. The van der Waals surface area contributed by atoms with Crippen molar-refractivity contribution in [2.75, 3.05) is 0 Å². The Labute approximate surface area is 374 Å². The Kier molecular flexibility index (Phi) is 8.85. The van der Waals surface area contributed by atoms with E-state index in [2.05, 4.69) is 234 Å². The van der Waals surface area contributed by atoms with Crippen LogP contribution in [0.4, 0.5) is 0 Å². The number of hydrogen-bond acceptors (Lipinski definition) is 0. The molecular formula is C64H46. The largest absolute Gasteiger partial charge is 0.0620 e. The maximum Gasteiger partial charge on any atom is -0.00921 e. The van der Waals surface area contributed by atoms with Crippen molar-refractivity contribution in [1.82, 2.24) is 0 Å². The van der Waals surface area contributed by atoms with Gasteiger partial charge in [0.25, 0.3) is 0 Å². The molecule has 0 radical (unpaired) electrons. The third kappa shape index (κ3) is 5.98. The van der Waals surface area contributed by atoms with Gasteiger partial charge in [-0.25, -0.2) is 0 Å². The van der Waals surface area contributed by atoms with E-state index in [9.17, 15) is 0 Å². The van der Waals surface area contributed by atoms with Gasteiger partial charge in [0.2, 0.25) is 0 Å². The Morgan fingerprint density at radius 3 is 0.812 bits per heavy atom. The van der Waals surface area contributed by atoms with Crippen molar-refractivity contribution in [1.29, 1.82) is 0 Å². The molecule has 12 aromatic rings. The van der Waals surface area contributed by atoms with E-state index in [-0.39, 0.29) is 0 Å². The Morgan fingerprint density at radius 1 is 0.172 bits per heavy atom. The van der Waals surface area contributed by atoms with Crippen LogP contribution in [0.2, 0.25) is 0 Å². The predicted molar refractivity (Wildman–Crippen MR) is 278 cm³/mol. The monoisotopic (exact) mass is 814 g/mol. The first-order valence-electron chi connectivity index (χ1n) is 22.5. The fourth-order valence-electron chi connectivity index (χ4n) is 10.8. The van der Waals surface area contributed by atoms with E-state index in [1.165, 1.54) is 143 Å². The highest BCUT2D eigenvalue weighted by Gasteiger charge is 2.20. The molecule has 302 valence electrons. The van der Waals surface area contributed by atoms with Crippen molar-refractivity contribution in [2.24, 2.45) is 0 Å². The second kappa shape index (κ2) is 14.9. The quantitative estimate of drug-likeness (QED) is 0.152. The maximum atomic E-state index is 2.47. The van der Waals surface area contributed by atoms with Crippen LogP contribution in [-0.2, 0) is 0 Å². The Bertz CT molecular complexity index is 3880. The molecule has 0 nitrogen and oxygen atoms in total. The summed E-state index contributed by atoms with van der Waals surface area (Å²) in [5, 5.41) is 15.3. The van der Waals surface area contributed by atoms with E-state index < -0.39 is 0 Å².